The zero-order valence-electron chi connectivity index (χ0n) is 13.1. The molecule has 2 unspecified atom stereocenters. The van der Waals surface area contributed by atoms with Crippen molar-refractivity contribution in [2.45, 2.75) is 63.7 Å². The molecule has 5 nitrogen and oxygen atoms in total. The van der Waals surface area contributed by atoms with Crippen molar-refractivity contribution in [3.63, 3.8) is 0 Å². The molecule has 0 aliphatic carbocycles. The van der Waals surface area contributed by atoms with Gasteiger partial charge in [-0.15, -0.1) is 0 Å². The molecule has 5 heteroatoms. The van der Waals surface area contributed by atoms with Crippen LogP contribution >= 0.6 is 0 Å². The normalized spacial score (nSPS) is 28.5. The number of nitrogens with two attached hydrogens (primary N) is 1. The van der Waals surface area contributed by atoms with E-state index in [2.05, 4.69) is 26.2 Å². The van der Waals surface area contributed by atoms with Gasteiger partial charge < -0.3 is 14.2 Å². The largest absolute Gasteiger partial charge is 0.381 e. The number of hydrazine groups is 1. The molecular weight excluding hydrogens is 256 g/mol. The van der Waals surface area contributed by atoms with Crippen LogP contribution in [0, 0.1) is 5.92 Å². The van der Waals surface area contributed by atoms with Gasteiger partial charge in [0.05, 0.1) is 17.8 Å². The molecule has 3 N–H and O–H groups in total. The smallest absolute Gasteiger partial charge is 0.0729 e. The van der Waals surface area contributed by atoms with Crippen LogP contribution in [0.15, 0.2) is 0 Å². The topological polar surface area (TPSA) is 65.7 Å². The minimum Gasteiger partial charge on any atom is -0.381 e. The Morgan fingerprint density at radius 1 is 1.30 bits per heavy atom. The number of nitrogens with one attached hydrogen (secondary N) is 1. The van der Waals surface area contributed by atoms with E-state index in [0.717, 1.165) is 45.5 Å². The van der Waals surface area contributed by atoms with Gasteiger partial charge in [0.2, 0.25) is 0 Å². The van der Waals surface area contributed by atoms with E-state index in [1.807, 2.05) is 0 Å². The Morgan fingerprint density at radius 2 is 2.00 bits per heavy atom. The van der Waals surface area contributed by atoms with E-state index in [1.165, 1.54) is 0 Å². The fourth-order valence-corrected chi connectivity index (χ4v) is 3.16. The number of hydrogen-bond donors (Lipinski definition) is 2. The maximum absolute atomic E-state index is 6.09. The maximum atomic E-state index is 6.09. The summed E-state index contributed by atoms with van der Waals surface area (Å²) in [6.07, 6.45) is 4.10. The molecule has 0 radical (unpaired) electrons. The van der Waals surface area contributed by atoms with Gasteiger partial charge in [0.25, 0.3) is 0 Å². The fraction of sp³-hybridized carbons (Fsp3) is 1.00. The van der Waals surface area contributed by atoms with Crippen molar-refractivity contribution in [2.75, 3.05) is 26.4 Å². The van der Waals surface area contributed by atoms with Crippen molar-refractivity contribution in [3.8, 4) is 0 Å². The zero-order valence-corrected chi connectivity index (χ0v) is 13.1. The highest BCUT2D eigenvalue weighted by molar-refractivity contribution is 4.92. The third-order valence-electron chi connectivity index (χ3n) is 4.41. The molecule has 2 aliphatic rings. The standard InChI is InChI=1S/C15H30N2O3/c1-14(2,3)20-11-13(17-16)12-4-7-19-15(10-12)5-8-18-9-6-15/h12-13,17H,4-11,16H2,1-3H3. The van der Waals surface area contributed by atoms with Crippen LogP contribution in [0.5, 0.6) is 0 Å². The molecule has 0 aromatic heterocycles. The molecule has 0 saturated carbocycles. The Kier molecular flexibility index (Phi) is 5.42. The fourth-order valence-electron chi connectivity index (χ4n) is 3.16. The first-order valence-corrected chi connectivity index (χ1v) is 7.76. The van der Waals surface area contributed by atoms with Crippen molar-refractivity contribution < 1.29 is 14.2 Å². The summed E-state index contributed by atoms with van der Waals surface area (Å²) >= 11 is 0. The molecule has 2 aliphatic heterocycles. The third-order valence-corrected chi connectivity index (χ3v) is 4.41. The SMILES string of the molecule is CC(C)(C)OCC(NN)C1CCOC2(CCOCC2)C1. The van der Waals surface area contributed by atoms with Crippen LogP contribution < -0.4 is 11.3 Å². The summed E-state index contributed by atoms with van der Waals surface area (Å²) in [7, 11) is 0. The second-order valence-corrected chi connectivity index (χ2v) is 7.09. The lowest BCUT2D eigenvalue weighted by Gasteiger charge is -2.45. The second kappa shape index (κ2) is 6.71. The van der Waals surface area contributed by atoms with Crippen molar-refractivity contribution in [1.82, 2.24) is 5.43 Å². The van der Waals surface area contributed by atoms with Crippen LogP contribution in [0.25, 0.3) is 0 Å². The number of rotatable bonds is 4. The Bertz CT molecular complexity index is 292. The minimum atomic E-state index is -0.128. The van der Waals surface area contributed by atoms with E-state index in [1.54, 1.807) is 0 Å². The van der Waals surface area contributed by atoms with Crippen molar-refractivity contribution in [2.24, 2.45) is 11.8 Å². The lowest BCUT2D eigenvalue weighted by Crippen LogP contribution is -2.52. The zero-order chi connectivity index (χ0) is 14.6. The lowest BCUT2D eigenvalue weighted by molar-refractivity contribution is -0.153. The Labute approximate surface area is 122 Å². The molecule has 0 bridgehead atoms. The first kappa shape index (κ1) is 16.2. The molecule has 1 spiro atoms. The molecule has 2 saturated heterocycles. The average Bonchev–Trinajstić information content (AvgIpc) is 2.39. The molecular formula is C15H30N2O3. The van der Waals surface area contributed by atoms with Crippen molar-refractivity contribution >= 4 is 0 Å². The van der Waals surface area contributed by atoms with E-state index in [9.17, 15) is 0 Å². The van der Waals surface area contributed by atoms with Gasteiger partial charge in [-0.25, -0.2) is 0 Å². The van der Waals surface area contributed by atoms with E-state index >= 15 is 0 Å². The number of hydrogen-bond acceptors (Lipinski definition) is 5. The predicted molar refractivity (Wildman–Crippen MR) is 78.3 cm³/mol. The summed E-state index contributed by atoms with van der Waals surface area (Å²) in [5, 5.41) is 0. The molecule has 118 valence electrons. The third kappa shape index (κ3) is 4.40. The summed E-state index contributed by atoms with van der Waals surface area (Å²) < 4.78 is 17.5. The summed E-state index contributed by atoms with van der Waals surface area (Å²) in [5.41, 5.74) is 2.84. The summed E-state index contributed by atoms with van der Waals surface area (Å²) in [5.74, 6) is 6.26. The van der Waals surface area contributed by atoms with Crippen LogP contribution in [0.2, 0.25) is 0 Å². The van der Waals surface area contributed by atoms with Gasteiger partial charge >= 0.3 is 0 Å². The van der Waals surface area contributed by atoms with Gasteiger partial charge in [0.15, 0.2) is 0 Å². The highest BCUT2D eigenvalue weighted by Gasteiger charge is 2.41. The molecule has 2 fully saturated rings. The van der Waals surface area contributed by atoms with Crippen LogP contribution in [0.3, 0.4) is 0 Å². The van der Waals surface area contributed by atoms with Crippen LogP contribution in [-0.2, 0) is 14.2 Å². The summed E-state index contributed by atoms with van der Waals surface area (Å²) in [6, 6.07) is 0.192. The van der Waals surface area contributed by atoms with Crippen molar-refractivity contribution in [1.29, 1.82) is 0 Å². The van der Waals surface area contributed by atoms with Gasteiger partial charge in [-0.3, -0.25) is 11.3 Å². The molecule has 0 aromatic rings. The molecule has 2 heterocycles. The van der Waals surface area contributed by atoms with Gasteiger partial charge in [-0.05, 0) is 52.4 Å². The Balaban J connectivity index is 1.92. The van der Waals surface area contributed by atoms with E-state index < -0.39 is 0 Å². The number of ether oxygens (including phenoxy) is 3. The quantitative estimate of drug-likeness (QED) is 0.607. The summed E-state index contributed by atoms with van der Waals surface area (Å²) in [6.45, 7) is 9.31. The summed E-state index contributed by atoms with van der Waals surface area (Å²) in [4.78, 5) is 0. The van der Waals surface area contributed by atoms with Crippen LogP contribution in [-0.4, -0.2) is 43.7 Å². The average molecular weight is 286 g/mol. The molecule has 20 heavy (non-hydrogen) atoms. The molecule has 2 atom stereocenters. The molecule has 2 rings (SSSR count). The van der Waals surface area contributed by atoms with Gasteiger partial charge in [-0.1, -0.05) is 0 Å². The van der Waals surface area contributed by atoms with E-state index in [-0.39, 0.29) is 17.2 Å². The van der Waals surface area contributed by atoms with Gasteiger partial charge in [0, 0.05) is 25.9 Å². The second-order valence-electron chi connectivity index (χ2n) is 7.09. The van der Waals surface area contributed by atoms with Crippen LogP contribution in [0.4, 0.5) is 0 Å². The van der Waals surface area contributed by atoms with Gasteiger partial charge in [0.1, 0.15) is 0 Å². The maximum Gasteiger partial charge on any atom is 0.0729 e. The first-order valence-electron chi connectivity index (χ1n) is 7.76. The lowest BCUT2D eigenvalue weighted by atomic mass is 9.78. The minimum absolute atomic E-state index is 0.0119. The van der Waals surface area contributed by atoms with Gasteiger partial charge in [-0.2, -0.15) is 0 Å². The molecule has 0 amide bonds. The first-order chi connectivity index (χ1) is 9.44. The highest BCUT2D eigenvalue weighted by atomic mass is 16.5. The Hall–Kier alpha value is -0.200. The van der Waals surface area contributed by atoms with E-state index in [0.29, 0.717) is 12.5 Å². The monoisotopic (exact) mass is 286 g/mol. The Morgan fingerprint density at radius 3 is 2.60 bits per heavy atom. The highest BCUT2D eigenvalue weighted by Crippen LogP contribution is 2.38. The van der Waals surface area contributed by atoms with E-state index in [4.69, 9.17) is 20.1 Å². The van der Waals surface area contributed by atoms with Crippen LogP contribution in [0.1, 0.15) is 46.5 Å². The predicted octanol–water partition coefficient (Wildman–Crippen LogP) is 1.61. The van der Waals surface area contributed by atoms with Crippen molar-refractivity contribution in [3.05, 3.63) is 0 Å². The molecule has 0 aromatic carbocycles.